The molecule has 126 valence electrons. The second-order valence-corrected chi connectivity index (χ2v) is 7.87. The number of aromatic nitrogens is 4. The van der Waals surface area contributed by atoms with Crippen LogP contribution in [0.15, 0.2) is 16.9 Å². The van der Waals surface area contributed by atoms with E-state index in [0.29, 0.717) is 22.4 Å². The lowest BCUT2D eigenvalue weighted by molar-refractivity contribution is 0.273. The minimum atomic E-state index is -0.0852. The summed E-state index contributed by atoms with van der Waals surface area (Å²) in [6.07, 6.45) is 0.930. The third kappa shape index (κ3) is 2.56. The molecule has 1 aliphatic carbocycles. The van der Waals surface area contributed by atoms with Crippen LogP contribution in [0.5, 0.6) is 0 Å². The fraction of sp³-hybridized carbons (Fsp3) is 0.438. The molecular formula is C16H17ClN4O2S. The Morgan fingerprint density at radius 2 is 2.21 bits per heavy atom. The molecule has 3 heterocycles. The number of hydrogen-bond acceptors (Lipinski definition) is 5. The fourth-order valence-electron chi connectivity index (χ4n) is 3.21. The number of hydrogen-bond donors (Lipinski definition) is 1. The van der Waals surface area contributed by atoms with Crippen LogP contribution >= 0.6 is 22.9 Å². The molecule has 1 saturated carbocycles. The van der Waals surface area contributed by atoms with Crippen LogP contribution in [0.1, 0.15) is 34.3 Å². The molecule has 2 atom stereocenters. The molecule has 1 fully saturated rings. The summed E-state index contributed by atoms with van der Waals surface area (Å²) >= 11 is 7.65. The van der Waals surface area contributed by atoms with Crippen LogP contribution in [0, 0.1) is 19.8 Å². The Hall–Kier alpha value is -1.70. The molecule has 0 amide bonds. The van der Waals surface area contributed by atoms with Crippen molar-refractivity contribution in [3.05, 3.63) is 49.6 Å². The lowest BCUT2D eigenvalue weighted by Crippen LogP contribution is -2.18. The van der Waals surface area contributed by atoms with E-state index < -0.39 is 0 Å². The second kappa shape index (κ2) is 5.68. The first-order valence-electron chi connectivity index (χ1n) is 7.80. The van der Waals surface area contributed by atoms with E-state index in [4.69, 9.17) is 11.6 Å². The molecule has 0 radical (unpaired) electrons. The summed E-state index contributed by atoms with van der Waals surface area (Å²) in [5.41, 5.74) is 2.40. The van der Waals surface area contributed by atoms with Crippen molar-refractivity contribution in [2.75, 3.05) is 6.61 Å². The number of aryl methyl sites for hydroxylation is 2. The van der Waals surface area contributed by atoms with Crippen molar-refractivity contribution in [2.24, 2.45) is 5.92 Å². The van der Waals surface area contributed by atoms with Crippen molar-refractivity contribution in [1.29, 1.82) is 0 Å². The fourth-order valence-corrected chi connectivity index (χ4v) is 4.53. The Morgan fingerprint density at radius 3 is 2.83 bits per heavy atom. The van der Waals surface area contributed by atoms with Gasteiger partial charge in [-0.15, -0.1) is 11.3 Å². The number of thiazole rings is 1. The summed E-state index contributed by atoms with van der Waals surface area (Å²) in [6, 6.07) is 3.33. The zero-order chi connectivity index (χ0) is 17.0. The minimum absolute atomic E-state index is 0.0852. The summed E-state index contributed by atoms with van der Waals surface area (Å²) in [5, 5.41) is 14.2. The van der Waals surface area contributed by atoms with Crippen LogP contribution in [0.3, 0.4) is 0 Å². The van der Waals surface area contributed by atoms with Crippen LogP contribution in [0.2, 0.25) is 5.15 Å². The second-order valence-electron chi connectivity index (χ2n) is 6.30. The Kier molecular flexibility index (Phi) is 3.74. The van der Waals surface area contributed by atoms with E-state index in [1.165, 1.54) is 11.3 Å². The number of rotatable bonds is 4. The largest absolute Gasteiger partial charge is 0.396 e. The van der Waals surface area contributed by atoms with Crippen LogP contribution < -0.4 is 5.56 Å². The molecule has 0 bridgehead atoms. The number of aliphatic hydroxyl groups is 1. The molecule has 24 heavy (non-hydrogen) atoms. The third-order valence-electron chi connectivity index (χ3n) is 4.46. The molecule has 1 aliphatic rings. The van der Waals surface area contributed by atoms with Gasteiger partial charge in [0.15, 0.2) is 4.96 Å². The van der Waals surface area contributed by atoms with Gasteiger partial charge in [0.25, 0.3) is 5.56 Å². The number of halogens is 1. The lowest BCUT2D eigenvalue weighted by Gasteiger charge is -2.05. The molecular weight excluding hydrogens is 348 g/mol. The topological polar surface area (TPSA) is 72.4 Å². The van der Waals surface area contributed by atoms with Crippen LogP contribution in [-0.4, -0.2) is 30.9 Å². The van der Waals surface area contributed by atoms with Gasteiger partial charge in [0.05, 0.1) is 17.9 Å². The quantitative estimate of drug-likeness (QED) is 0.771. The van der Waals surface area contributed by atoms with Gasteiger partial charge in [0.2, 0.25) is 0 Å². The summed E-state index contributed by atoms with van der Waals surface area (Å²) in [5.74, 6) is 0.524. The zero-order valence-electron chi connectivity index (χ0n) is 13.4. The van der Waals surface area contributed by atoms with Crippen molar-refractivity contribution in [2.45, 2.75) is 32.7 Å². The SMILES string of the molecule is Cc1cc(Cl)n(Cc2cc(=O)n3c(C4CC4CO)c(C)sc3n2)n1. The highest BCUT2D eigenvalue weighted by Gasteiger charge is 2.41. The molecule has 3 aromatic heterocycles. The average Bonchev–Trinajstić information content (AvgIpc) is 3.11. The first-order valence-corrected chi connectivity index (χ1v) is 9.00. The highest BCUT2D eigenvalue weighted by Crippen LogP contribution is 2.49. The van der Waals surface area contributed by atoms with Gasteiger partial charge in [-0.1, -0.05) is 11.6 Å². The predicted molar refractivity (Wildman–Crippen MR) is 93.1 cm³/mol. The third-order valence-corrected chi connectivity index (χ3v) is 5.74. The molecule has 0 aliphatic heterocycles. The summed E-state index contributed by atoms with van der Waals surface area (Å²) < 4.78 is 3.33. The van der Waals surface area contributed by atoms with Crippen LogP contribution in [-0.2, 0) is 6.54 Å². The molecule has 8 heteroatoms. The number of aliphatic hydroxyl groups excluding tert-OH is 1. The molecule has 1 N–H and O–H groups in total. The van der Waals surface area contributed by atoms with Crippen molar-refractivity contribution >= 4 is 27.9 Å². The standard InChI is InChI=1S/C16H17ClN4O2S/c1-8-3-13(17)20(19-8)6-11-5-14(23)21-15(12-4-10(12)7-22)9(2)24-16(21)18-11/h3,5,10,12,22H,4,6-7H2,1-2H3. The summed E-state index contributed by atoms with van der Waals surface area (Å²) in [6.45, 7) is 4.41. The van der Waals surface area contributed by atoms with Gasteiger partial charge in [-0.25, -0.2) is 9.67 Å². The molecule has 0 aromatic carbocycles. The summed E-state index contributed by atoms with van der Waals surface area (Å²) in [4.78, 5) is 19.0. The van der Waals surface area contributed by atoms with Gasteiger partial charge < -0.3 is 5.11 Å². The molecule has 2 unspecified atom stereocenters. The maximum atomic E-state index is 12.6. The van der Waals surface area contributed by atoms with Gasteiger partial charge in [-0.3, -0.25) is 9.20 Å². The lowest BCUT2D eigenvalue weighted by atomic mass is 10.2. The van der Waals surface area contributed by atoms with E-state index in [1.54, 1.807) is 21.2 Å². The number of fused-ring (bicyclic) bond motifs is 1. The van der Waals surface area contributed by atoms with Crippen molar-refractivity contribution in [3.8, 4) is 0 Å². The zero-order valence-corrected chi connectivity index (χ0v) is 14.9. The number of nitrogens with zero attached hydrogens (tertiary/aromatic N) is 4. The Bertz CT molecular complexity index is 990. The normalized spacial score (nSPS) is 20.0. The van der Waals surface area contributed by atoms with Crippen molar-refractivity contribution < 1.29 is 5.11 Å². The van der Waals surface area contributed by atoms with Gasteiger partial charge >= 0.3 is 0 Å². The van der Waals surface area contributed by atoms with Gasteiger partial charge in [-0.05, 0) is 32.3 Å². The molecule has 6 nitrogen and oxygen atoms in total. The Labute approximate surface area is 147 Å². The van der Waals surface area contributed by atoms with Gasteiger partial charge in [-0.2, -0.15) is 5.10 Å². The molecule has 4 rings (SSSR count). The van der Waals surface area contributed by atoms with Crippen molar-refractivity contribution in [3.63, 3.8) is 0 Å². The first-order chi connectivity index (χ1) is 11.5. The Balaban J connectivity index is 1.76. The molecule has 0 saturated heterocycles. The Morgan fingerprint density at radius 1 is 1.42 bits per heavy atom. The van der Waals surface area contributed by atoms with E-state index in [0.717, 1.165) is 22.7 Å². The van der Waals surface area contributed by atoms with E-state index in [-0.39, 0.29) is 24.0 Å². The smallest absolute Gasteiger partial charge is 0.259 e. The van der Waals surface area contributed by atoms with E-state index in [9.17, 15) is 9.90 Å². The molecule has 0 spiro atoms. The summed E-state index contributed by atoms with van der Waals surface area (Å²) in [7, 11) is 0. The van der Waals surface area contributed by atoms with E-state index in [1.807, 2.05) is 13.8 Å². The highest BCUT2D eigenvalue weighted by atomic mass is 35.5. The van der Waals surface area contributed by atoms with E-state index >= 15 is 0 Å². The predicted octanol–water partition coefficient (Wildman–Crippen LogP) is 2.37. The van der Waals surface area contributed by atoms with E-state index in [2.05, 4.69) is 10.1 Å². The van der Waals surface area contributed by atoms with Gasteiger partial charge in [0.1, 0.15) is 5.15 Å². The van der Waals surface area contributed by atoms with Crippen LogP contribution in [0.4, 0.5) is 0 Å². The highest BCUT2D eigenvalue weighted by molar-refractivity contribution is 7.17. The minimum Gasteiger partial charge on any atom is -0.396 e. The molecule has 3 aromatic rings. The van der Waals surface area contributed by atoms with Crippen molar-refractivity contribution in [1.82, 2.24) is 19.2 Å². The monoisotopic (exact) mass is 364 g/mol. The first kappa shape index (κ1) is 15.8. The maximum absolute atomic E-state index is 12.6. The van der Waals surface area contributed by atoms with Gasteiger partial charge in [0, 0.05) is 29.2 Å². The van der Waals surface area contributed by atoms with Crippen LogP contribution in [0.25, 0.3) is 4.96 Å². The maximum Gasteiger partial charge on any atom is 0.259 e. The average molecular weight is 365 g/mol.